The van der Waals surface area contributed by atoms with Crippen LogP contribution in [0.2, 0.25) is 0 Å². The van der Waals surface area contributed by atoms with E-state index in [9.17, 15) is 14.4 Å². The molecule has 0 radical (unpaired) electrons. The molecule has 6 rings (SSSR count). The minimum absolute atomic E-state index is 0.0364. The Hall–Kier alpha value is -4.32. The van der Waals surface area contributed by atoms with Gasteiger partial charge in [-0.05, 0) is 86.7 Å². The summed E-state index contributed by atoms with van der Waals surface area (Å²) in [6.07, 6.45) is 6.52. The highest BCUT2D eigenvalue weighted by Gasteiger charge is 2.46. The smallest absolute Gasteiger partial charge is 0.407 e. The molecular formula is C35H47N7O5. The Balaban J connectivity index is 0.938. The predicted molar refractivity (Wildman–Crippen MR) is 180 cm³/mol. The van der Waals surface area contributed by atoms with Gasteiger partial charge in [0.1, 0.15) is 6.61 Å². The Kier molecular flexibility index (Phi) is 9.86. The van der Waals surface area contributed by atoms with Crippen LogP contribution >= 0.6 is 0 Å². The molecule has 2 aromatic carbocycles. The second-order valence-electron chi connectivity index (χ2n) is 13.5. The largest absolute Gasteiger partial charge is 0.469 e. The van der Waals surface area contributed by atoms with Crippen molar-refractivity contribution in [3.8, 4) is 0 Å². The number of carbonyl (C=O) groups is 3. The first kappa shape index (κ1) is 32.6. The molecule has 12 heteroatoms. The number of anilines is 2. The fourth-order valence-electron chi connectivity index (χ4n) is 7.62. The number of urea groups is 1. The van der Waals surface area contributed by atoms with Gasteiger partial charge in [-0.1, -0.05) is 30.3 Å². The minimum Gasteiger partial charge on any atom is -0.469 e. The van der Waals surface area contributed by atoms with E-state index in [1.165, 1.54) is 24.9 Å². The number of primary amides is 1. The number of alkyl carbamates (subject to hydrolysis) is 1. The van der Waals surface area contributed by atoms with Crippen LogP contribution < -0.4 is 20.9 Å². The van der Waals surface area contributed by atoms with Gasteiger partial charge in [0.15, 0.2) is 5.82 Å². The van der Waals surface area contributed by atoms with Crippen molar-refractivity contribution in [1.82, 2.24) is 20.0 Å². The molecule has 1 aliphatic carbocycles. The minimum atomic E-state index is -0.658. The van der Waals surface area contributed by atoms with Crippen LogP contribution in [0.5, 0.6) is 0 Å². The van der Waals surface area contributed by atoms with Crippen molar-refractivity contribution in [2.75, 3.05) is 56.2 Å². The van der Waals surface area contributed by atoms with Gasteiger partial charge < -0.3 is 30.3 Å². The number of nitrogens with zero attached hydrogens (tertiary/aromatic N) is 5. The SMILES string of the molecule is COC(=O)CCN(C(N)=O)c1nn(C)c2cc(N3CCC(CN4CCC5(CC4)CC(NC(=O)OCc4ccccc4)C5)CC3)ccc12. The van der Waals surface area contributed by atoms with Crippen LogP contribution in [0.25, 0.3) is 10.9 Å². The number of hydrogen-bond donors (Lipinski definition) is 2. The predicted octanol–water partition coefficient (Wildman–Crippen LogP) is 4.41. The van der Waals surface area contributed by atoms with Gasteiger partial charge in [0.05, 0.1) is 19.0 Å². The van der Waals surface area contributed by atoms with Crippen molar-refractivity contribution in [3.05, 3.63) is 54.1 Å². The Labute approximate surface area is 276 Å². The second kappa shape index (κ2) is 14.2. The van der Waals surface area contributed by atoms with E-state index in [1.807, 2.05) is 43.4 Å². The summed E-state index contributed by atoms with van der Waals surface area (Å²) in [4.78, 5) is 42.6. The van der Waals surface area contributed by atoms with Crippen LogP contribution in [0.3, 0.4) is 0 Å². The van der Waals surface area contributed by atoms with E-state index in [2.05, 4.69) is 32.3 Å². The first-order valence-electron chi connectivity index (χ1n) is 16.8. The number of methoxy groups -OCH3 is 1. The van der Waals surface area contributed by atoms with Gasteiger partial charge >= 0.3 is 18.1 Å². The summed E-state index contributed by atoms with van der Waals surface area (Å²) >= 11 is 0. The number of esters is 1. The number of ether oxygens (including phenoxy) is 2. The number of carbonyl (C=O) groups excluding carboxylic acids is 3. The average molecular weight is 646 g/mol. The quantitative estimate of drug-likeness (QED) is 0.310. The molecule has 0 unspecified atom stereocenters. The molecule has 1 spiro atoms. The zero-order valence-corrected chi connectivity index (χ0v) is 27.5. The molecule has 3 fully saturated rings. The van der Waals surface area contributed by atoms with Gasteiger partial charge in [-0.25, -0.2) is 9.59 Å². The molecule has 252 valence electrons. The molecule has 1 aromatic heterocycles. The summed E-state index contributed by atoms with van der Waals surface area (Å²) in [5.74, 6) is 0.718. The van der Waals surface area contributed by atoms with Crippen molar-refractivity contribution in [3.63, 3.8) is 0 Å². The fourth-order valence-corrected chi connectivity index (χ4v) is 7.62. The van der Waals surface area contributed by atoms with Gasteiger partial charge in [0.2, 0.25) is 0 Å². The molecule has 3 N–H and O–H groups in total. The third-order valence-electron chi connectivity index (χ3n) is 10.4. The van der Waals surface area contributed by atoms with Gasteiger partial charge in [0.25, 0.3) is 0 Å². The van der Waals surface area contributed by atoms with E-state index in [-0.39, 0.29) is 25.1 Å². The molecule has 3 amide bonds. The van der Waals surface area contributed by atoms with Crippen molar-refractivity contribution >= 4 is 40.5 Å². The number of benzene rings is 2. The van der Waals surface area contributed by atoms with E-state index in [1.54, 1.807) is 4.68 Å². The molecule has 1 saturated carbocycles. The summed E-state index contributed by atoms with van der Waals surface area (Å²) in [5.41, 5.74) is 9.07. The molecule has 3 aliphatic rings. The fraction of sp³-hybridized carbons (Fsp3) is 0.543. The van der Waals surface area contributed by atoms with E-state index >= 15 is 0 Å². The highest BCUT2D eigenvalue weighted by molar-refractivity contribution is 6.01. The molecule has 0 atom stereocenters. The summed E-state index contributed by atoms with van der Waals surface area (Å²) in [5, 5.41) is 8.46. The lowest BCUT2D eigenvalue weighted by molar-refractivity contribution is -0.140. The average Bonchev–Trinajstić information content (AvgIpc) is 3.39. The lowest BCUT2D eigenvalue weighted by Gasteiger charge is -2.52. The Morgan fingerprint density at radius 3 is 2.45 bits per heavy atom. The lowest BCUT2D eigenvalue weighted by Crippen LogP contribution is -2.55. The summed E-state index contributed by atoms with van der Waals surface area (Å²) in [6.45, 7) is 5.82. The van der Waals surface area contributed by atoms with Crippen LogP contribution in [0.15, 0.2) is 48.5 Å². The maximum Gasteiger partial charge on any atom is 0.407 e. The molecule has 2 saturated heterocycles. The standard InChI is InChI=1S/C35H47N7O5/c1-39-30-20-28(8-9-29(30)32(38-39)42(33(36)44)17-12-31(43)46-2)41-15-10-25(11-16-41)23-40-18-13-35(14-19-40)21-27(22-35)37-34(45)47-24-26-6-4-3-5-7-26/h3-9,20,25,27H,10-19,21-24H2,1-2H3,(H2,36,44)(H,37,45). The maximum atomic E-state index is 12.3. The molecule has 12 nitrogen and oxygen atoms in total. The monoisotopic (exact) mass is 645 g/mol. The molecule has 2 aliphatic heterocycles. The Bertz CT molecular complexity index is 1550. The highest BCUT2D eigenvalue weighted by Crippen LogP contribution is 2.49. The Morgan fingerprint density at radius 1 is 1.04 bits per heavy atom. The number of amides is 3. The normalized spacial score (nSPS) is 18.6. The van der Waals surface area contributed by atoms with Crippen molar-refractivity contribution in [1.29, 1.82) is 0 Å². The van der Waals surface area contributed by atoms with Crippen LogP contribution in [-0.2, 0) is 27.9 Å². The number of hydrogen-bond acceptors (Lipinski definition) is 8. The number of aryl methyl sites for hydroxylation is 1. The number of piperidine rings is 2. The van der Waals surface area contributed by atoms with Crippen LogP contribution in [0.1, 0.15) is 50.5 Å². The first-order valence-corrected chi connectivity index (χ1v) is 16.8. The van der Waals surface area contributed by atoms with Gasteiger partial charge in [-0.2, -0.15) is 5.10 Å². The van der Waals surface area contributed by atoms with Gasteiger partial charge in [-0.3, -0.25) is 14.4 Å². The maximum absolute atomic E-state index is 12.3. The van der Waals surface area contributed by atoms with E-state index in [0.717, 1.165) is 80.6 Å². The molecule has 3 heterocycles. The summed E-state index contributed by atoms with van der Waals surface area (Å²) in [6, 6.07) is 15.5. The van der Waals surface area contributed by atoms with Gasteiger partial charge in [-0.15, -0.1) is 0 Å². The topological polar surface area (TPSA) is 135 Å². The molecule has 3 aromatic rings. The van der Waals surface area contributed by atoms with Crippen molar-refractivity contribution in [2.45, 2.75) is 57.6 Å². The third kappa shape index (κ3) is 7.64. The van der Waals surface area contributed by atoms with E-state index in [4.69, 9.17) is 15.2 Å². The Morgan fingerprint density at radius 2 is 1.77 bits per heavy atom. The molecule has 0 bridgehead atoms. The van der Waals surface area contributed by atoms with Crippen LogP contribution in [0, 0.1) is 11.3 Å². The van der Waals surface area contributed by atoms with Gasteiger partial charge in [0, 0.05) is 50.3 Å². The summed E-state index contributed by atoms with van der Waals surface area (Å²) < 4.78 is 11.9. The van der Waals surface area contributed by atoms with E-state index in [0.29, 0.717) is 23.8 Å². The highest BCUT2D eigenvalue weighted by atomic mass is 16.5. The second-order valence-corrected chi connectivity index (χ2v) is 13.5. The number of aromatic nitrogens is 2. The number of rotatable bonds is 10. The van der Waals surface area contributed by atoms with Crippen molar-refractivity contribution in [2.24, 2.45) is 24.1 Å². The number of fused-ring (bicyclic) bond motifs is 1. The molecular weight excluding hydrogens is 598 g/mol. The lowest BCUT2D eigenvalue weighted by atomic mass is 9.60. The third-order valence-corrected chi connectivity index (χ3v) is 10.4. The number of likely N-dealkylation sites (tertiary alicyclic amines) is 1. The number of nitrogens with two attached hydrogens (primary N) is 1. The van der Waals surface area contributed by atoms with E-state index < -0.39 is 12.0 Å². The molecule has 47 heavy (non-hydrogen) atoms. The zero-order valence-electron chi connectivity index (χ0n) is 27.5. The first-order chi connectivity index (χ1) is 22.7. The number of nitrogens with one attached hydrogen (secondary N) is 1. The zero-order chi connectivity index (χ0) is 33.0. The summed E-state index contributed by atoms with van der Waals surface area (Å²) in [7, 11) is 3.17. The van der Waals surface area contributed by atoms with Crippen molar-refractivity contribution < 1.29 is 23.9 Å². The van der Waals surface area contributed by atoms with Crippen LogP contribution in [-0.4, -0.2) is 85.2 Å². The van der Waals surface area contributed by atoms with Crippen LogP contribution in [0.4, 0.5) is 21.1 Å².